The summed E-state index contributed by atoms with van der Waals surface area (Å²) in [5.74, 6) is -1.05. The monoisotopic (exact) mass is 419 g/mol. The van der Waals surface area contributed by atoms with Gasteiger partial charge in [0, 0.05) is 17.9 Å². The zero-order chi connectivity index (χ0) is 21.0. The van der Waals surface area contributed by atoms with E-state index >= 15 is 0 Å². The van der Waals surface area contributed by atoms with Gasteiger partial charge in [0.2, 0.25) is 5.91 Å². The summed E-state index contributed by atoms with van der Waals surface area (Å²) in [5, 5.41) is 0.679. The van der Waals surface area contributed by atoms with E-state index in [2.05, 4.69) is 0 Å². The van der Waals surface area contributed by atoms with Crippen molar-refractivity contribution >= 4 is 23.5 Å². The van der Waals surface area contributed by atoms with Gasteiger partial charge in [-0.2, -0.15) is 0 Å². The van der Waals surface area contributed by atoms with Crippen LogP contribution in [-0.2, 0) is 20.7 Å². The highest BCUT2D eigenvalue weighted by atomic mass is 35.5. The molecule has 1 amide bonds. The lowest BCUT2D eigenvalue weighted by molar-refractivity contribution is -0.150. The highest BCUT2D eigenvalue weighted by Crippen LogP contribution is 2.26. The SMILES string of the molecule is COC(=O)[C@H]1C[C@H](Oc2ccccc2F)CN1C(=O)CCc1ccc(Cl)c(C)c1. The van der Waals surface area contributed by atoms with Crippen molar-refractivity contribution in [2.24, 2.45) is 0 Å². The highest BCUT2D eigenvalue weighted by molar-refractivity contribution is 6.31. The number of aryl methyl sites for hydroxylation is 2. The maximum absolute atomic E-state index is 13.9. The van der Waals surface area contributed by atoms with Crippen molar-refractivity contribution < 1.29 is 23.5 Å². The van der Waals surface area contributed by atoms with Crippen LogP contribution in [0.25, 0.3) is 0 Å². The molecule has 2 atom stereocenters. The molecule has 3 rings (SSSR count). The minimum Gasteiger partial charge on any atom is -0.485 e. The van der Waals surface area contributed by atoms with E-state index in [1.807, 2.05) is 25.1 Å². The number of rotatable bonds is 6. The molecule has 0 bridgehead atoms. The molecule has 1 aliphatic rings. The van der Waals surface area contributed by atoms with Gasteiger partial charge in [0.1, 0.15) is 12.1 Å². The number of halogens is 2. The van der Waals surface area contributed by atoms with Crippen molar-refractivity contribution in [1.29, 1.82) is 0 Å². The van der Waals surface area contributed by atoms with Crippen molar-refractivity contribution in [2.75, 3.05) is 13.7 Å². The molecule has 1 heterocycles. The Bertz CT molecular complexity index is 904. The van der Waals surface area contributed by atoms with E-state index in [0.717, 1.165) is 11.1 Å². The Morgan fingerprint density at radius 3 is 2.69 bits per heavy atom. The summed E-state index contributed by atoms with van der Waals surface area (Å²) in [6.07, 6.45) is 0.533. The van der Waals surface area contributed by atoms with Crippen LogP contribution in [0.4, 0.5) is 4.39 Å². The summed E-state index contributed by atoms with van der Waals surface area (Å²) < 4.78 is 24.4. The number of esters is 1. The van der Waals surface area contributed by atoms with Gasteiger partial charge in [0.15, 0.2) is 11.6 Å². The molecule has 0 spiro atoms. The third-order valence-electron chi connectivity index (χ3n) is 5.04. The van der Waals surface area contributed by atoms with Gasteiger partial charge < -0.3 is 14.4 Å². The molecule has 7 heteroatoms. The molecule has 154 valence electrons. The molecule has 2 aromatic rings. The molecule has 0 aromatic heterocycles. The van der Waals surface area contributed by atoms with Gasteiger partial charge in [0.05, 0.1) is 13.7 Å². The van der Waals surface area contributed by atoms with Crippen LogP contribution in [0.3, 0.4) is 0 Å². The lowest BCUT2D eigenvalue weighted by Gasteiger charge is -2.22. The van der Waals surface area contributed by atoms with Crippen LogP contribution in [0.15, 0.2) is 42.5 Å². The standard InChI is InChI=1S/C22H23ClFNO4/c1-14-11-15(7-9-17(14)23)8-10-21(26)25-13-16(12-19(25)22(27)28-2)29-20-6-4-3-5-18(20)24/h3-7,9,11,16,19H,8,10,12-13H2,1-2H3/t16-,19+/m0/s1. The third kappa shape index (κ3) is 5.07. The van der Waals surface area contributed by atoms with E-state index in [1.165, 1.54) is 24.1 Å². The van der Waals surface area contributed by atoms with Crippen LogP contribution in [0.5, 0.6) is 5.75 Å². The number of methoxy groups -OCH3 is 1. The topological polar surface area (TPSA) is 55.8 Å². The van der Waals surface area contributed by atoms with E-state index in [-0.39, 0.29) is 31.0 Å². The first-order chi connectivity index (χ1) is 13.9. The van der Waals surface area contributed by atoms with Crippen LogP contribution in [0.2, 0.25) is 5.02 Å². The average molecular weight is 420 g/mol. The van der Waals surface area contributed by atoms with E-state index in [0.29, 0.717) is 11.4 Å². The van der Waals surface area contributed by atoms with E-state index in [1.54, 1.807) is 12.1 Å². The number of nitrogens with zero attached hydrogens (tertiary/aromatic N) is 1. The van der Waals surface area contributed by atoms with Crippen LogP contribution in [0, 0.1) is 12.7 Å². The van der Waals surface area contributed by atoms with Gasteiger partial charge in [-0.25, -0.2) is 9.18 Å². The number of para-hydroxylation sites is 1. The molecule has 0 unspecified atom stereocenters. The molecule has 1 fully saturated rings. The molecule has 0 saturated carbocycles. The Labute approximate surface area is 174 Å². The molecule has 2 aromatic carbocycles. The van der Waals surface area contributed by atoms with Crippen molar-refractivity contribution in [1.82, 2.24) is 4.90 Å². The van der Waals surface area contributed by atoms with Gasteiger partial charge in [0.25, 0.3) is 0 Å². The number of benzene rings is 2. The summed E-state index contributed by atoms with van der Waals surface area (Å²) >= 11 is 6.04. The maximum Gasteiger partial charge on any atom is 0.328 e. The minimum atomic E-state index is -0.740. The lowest BCUT2D eigenvalue weighted by atomic mass is 10.1. The molecule has 1 aliphatic heterocycles. The molecule has 29 heavy (non-hydrogen) atoms. The summed E-state index contributed by atoms with van der Waals surface area (Å²) in [7, 11) is 1.28. The Balaban J connectivity index is 1.67. The zero-order valence-electron chi connectivity index (χ0n) is 16.4. The molecule has 0 radical (unpaired) electrons. The fourth-order valence-corrected chi connectivity index (χ4v) is 3.61. The van der Waals surface area contributed by atoms with Crippen LogP contribution >= 0.6 is 11.6 Å². The second-order valence-electron chi connectivity index (χ2n) is 7.07. The fourth-order valence-electron chi connectivity index (χ4n) is 3.49. The minimum absolute atomic E-state index is 0.104. The van der Waals surface area contributed by atoms with Gasteiger partial charge >= 0.3 is 5.97 Å². The Morgan fingerprint density at radius 2 is 2.00 bits per heavy atom. The van der Waals surface area contributed by atoms with Crippen molar-refractivity contribution in [2.45, 2.75) is 38.3 Å². The molecular formula is C22H23ClFNO4. The van der Waals surface area contributed by atoms with Crippen LogP contribution < -0.4 is 4.74 Å². The van der Waals surface area contributed by atoms with Crippen LogP contribution in [-0.4, -0.2) is 42.6 Å². The number of carbonyl (C=O) groups excluding carboxylic acids is 2. The molecule has 0 N–H and O–H groups in total. The summed E-state index contributed by atoms with van der Waals surface area (Å²) in [5.41, 5.74) is 1.94. The first-order valence-electron chi connectivity index (χ1n) is 9.42. The van der Waals surface area contributed by atoms with Gasteiger partial charge in [-0.1, -0.05) is 35.9 Å². The van der Waals surface area contributed by atoms with Crippen molar-refractivity contribution in [3.8, 4) is 5.75 Å². The summed E-state index contributed by atoms with van der Waals surface area (Å²) in [4.78, 5) is 26.5. The van der Waals surface area contributed by atoms with E-state index in [4.69, 9.17) is 21.1 Å². The first-order valence-corrected chi connectivity index (χ1v) is 9.80. The lowest BCUT2D eigenvalue weighted by Crippen LogP contribution is -2.41. The fraction of sp³-hybridized carbons (Fsp3) is 0.364. The molecule has 0 aliphatic carbocycles. The van der Waals surface area contributed by atoms with E-state index < -0.39 is 23.9 Å². The Kier molecular flexibility index (Phi) is 6.75. The number of hydrogen-bond acceptors (Lipinski definition) is 4. The van der Waals surface area contributed by atoms with Crippen molar-refractivity contribution in [3.05, 3.63) is 64.4 Å². The quantitative estimate of drug-likeness (QED) is 0.665. The van der Waals surface area contributed by atoms with Crippen molar-refractivity contribution in [3.63, 3.8) is 0 Å². The van der Waals surface area contributed by atoms with Gasteiger partial charge in [-0.15, -0.1) is 0 Å². The number of hydrogen-bond donors (Lipinski definition) is 0. The molecular weight excluding hydrogens is 397 g/mol. The molecule has 5 nitrogen and oxygen atoms in total. The van der Waals surface area contributed by atoms with Gasteiger partial charge in [-0.05, 0) is 42.7 Å². The summed E-state index contributed by atoms with van der Waals surface area (Å²) in [6, 6.07) is 11.0. The second-order valence-corrected chi connectivity index (χ2v) is 7.48. The third-order valence-corrected chi connectivity index (χ3v) is 5.46. The zero-order valence-corrected chi connectivity index (χ0v) is 17.1. The maximum atomic E-state index is 13.9. The smallest absolute Gasteiger partial charge is 0.328 e. The Morgan fingerprint density at radius 1 is 1.24 bits per heavy atom. The average Bonchev–Trinajstić information content (AvgIpc) is 3.14. The molecule has 1 saturated heterocycles. The number of carbonyl (C=O) groups is 2. The highest BCUT2D eigenvalue weighted by Gasteiger charge is 2.41. The normalized spacial score (nSPS) is 18.6. The number of ether oxygens (including phenoxy) is 2. The number of likely N-dealkylation sites (tertiary alicyclic amines) is 1. The summed E-state index contributed by atoms with van der Waals surface area (Å²) in [6.45, 7) is 2.11. The first kappa shape index (κ1) is 21.1. The van der Waals surface area contributed by atoms with Crippen LogP contribution in [0.1, 0.15) is 24.0 Å². The second kappa shape index (κ2) is 9.27. The predicted octanol–water partition coefficient (Wildman–Crippen LogP) is 3.94. The Hall–Kier alpha value is -2.60. The largest absolute Gasteiger partial charge is 0.485 e. The van der Waals surface area contributed by atoms with E-state index in [9.17, 15) is 14.0 Å². The number of amides is 1. The predicted molar refractivity (Wildman–Crippen MR) is 107 cm³/mol. The van der Waals surface area contributed by atoms with Gasteiger partial charge in [-0.3, -0.25) is 4.79 Å².